The van der Waals surface area contributed by atoms with Crippen LogP contribution in [-0.4, -0.2) is 31.7 Å². The Morgan fingerprint density at radius 1 is 0.787 bits per heavy atom. The number of aromatic amines is 1. The molecular weight excluding hydrogens is 603 g/mol. The van der Waals surface area contributed by atoms with Crippen molar-refractivity contribution in [1.29, 1.82) is 0 Å². The second-order valence-electron chi connectivity index (χ2n) is 13.2. The van der Waals surface area contributed by atoms with E-state index in [4.69, 9.17) is 9.26 Å². The number of nitrogens with one attached hydrogen (secondary N) is 3. The first-order valence-corrected chi connectivity index (χ1v) is 18.6. The van der Waals surface area contributed by atoms with Crippen molar-refractivity contribution in [3.05, 3.63) is 126 Å². The first kappa shape index (κ1) is 31.8. The maximum absolute atomic E-state index is 13.8. The second-order valence-corrected chi connectivity index (χ2v) is 18.0. The number of para-hydroxylation sites is 1. The molecule has 6 rings (SSSR count). The molecule has 7 nitrogen and oxygen atoms in total. The van der Waals surface area contributed by atoms with E-state index in [1.807, 2.05) is 91.0 Å². The zero-order valence-electron chi connectivity index (χ0n) is 27.3. The molecule has 0 radical (unpaired) electrons. The molecule has 0 fully saturated rings. The van der Waals surface area contributed by atoms with Gasteiger partial charge in [-0.25, -0.2) is 5.48 Å². The quantitative estimate of drug-likeness (QED) is 0.0834. The van der Waals surface area contributed by atoms with Crippen LogP contribution in [0, 0.1) is 0 Å². The van der Waals surface area contributed by atoms with Gasteiger partial charge in [-0.1, -0.05) is 87.5 Å². The average molecular weight is 642 g/mol. The summed E-state index contributed by atoms with van der Waals surface area (Å²) in [5.74, 6) is 0.0503. The number of anilines is 1. The van der Waals surface area contributed by atoms with Gasteiger partial charge in [-0.05, 0) is 71.6 Å². The van der Waals surface area contributed by atoms with Crippen molar-refractivity contribution in [3.8, 4) is 5.75 Å². The minimum Gasteiger partial charge on any atom is -0.489 e. The number of H-pyrrole nitrogens is 1. The Hall–Kier alpha value is -5.18. The first-order valence-electron chi connectivity index (χ1n) is 15.7. The Balaban J connectivity index is 1.24. The Bertz CT molecular complexity index is 2120. The number of hydrogen-bond donors (Lipinski definition) is 3. The van der Waals surface area contributed by atoms with Crippen LogP contribution in [0.1, 0.15) is 36.7 Å². The molecule has 238 valence electrons. The van der Waals surface area contributed by atoms with Crippen molar-refractivity contribution in [2.75, 3.05) is 11.9 Å². The van der Waals surface area contributed by atoms with Crippen LogP contribution in [0.3, 0.4) is 0 Å². The SMILES string of the molecule is CC(C)(C)[Si](C)(C)ONC(=O)c1ccc(C=C(COc2ccc3c(c2)[nH]c2ccccc23)C(=O)Nc2cccc3ccccc23)cc1. The van der Waals surface area contributed by atoms with Gasteiger partial charge in [-0.2, -0.15) is 0 Å². The van der Waals surface area contributed by atoms with E-state index in [9.17, 15) is 9.59 Å². The average Bonchev–Trinajstić information content (AvgIpc) is 3.43. The molecule has 47 heavy (non-hydrogen) atoms. The summed E-state index contributed by atoms with van der Waals surface area (Å²) in [6.07, 6.45) is 1.79. The summed E-state index contributed by atoms with van der Waals surface area (Å²) in [7, 11) is -2.16. The number of rotatable bonds is 9. The monoisotopic (exact) mass is 641 g/mol. The lowest BCUT2D eigenvalue weighted by Crippen LogP contribution is -2.46. The van der Waals surface area contributed by atoms with Crippen LogP contribution in [0.5, 0.6) is 5.75 Å². The van der Waals surface area contributed by atoms with Crippen LogP contribution in [0.2, 0.25) is 18.1 Å². The summed E-state index contributed by atoms with van der Waals surface area (Å²) in [5.41, 5.74) is 7.02. The van der Waals surface area contributed by atoms with E-state index in [0.717, 1.165) is 38.1 Å². The molecule has 0 aliphatic heterocycles. The van der Waals surface area contributed by atoms with Gasteiger partial charge in [0, 0.05) is 39.0 Å². The lowest BCUT2D eigenvalue weighted by atomic mass is 10.1. The van der Waals surface area contributed by atoms with Gasteiger partial charge in [0.05, 0.1) is 11.1 Å². The normalized spacial score (nSPS) is 12.4. The smallest absolute Gasteiger partial charge is 0.273 e. The second kappa shape index (κ2) is 12.9. The number of carbonyl (C=O) groups excluding carboxylic acids is 2. The zero-order valence-corrected chi connectivity index (χ0v) is 28.3. The van der Waals surface area contributed by atoms with Crippen LogP contribution in [0.25, 0.3) is 38.7 Å². The van der Waals surface area contributed by atoms with Gasteiger partial charge >= 0.3 is 0 Å². The highest BCUT2D eigenvalue weighted by molar-refractivity contribution is 6.74. The molecule has 1 aromatic heterocycles. The number of amides is 2. The maximum atomic E-state index is 13.8. The molecule has 8 heteroatoms. The van der Waals surface area contributed by atoms with Crippen molar-refractivity contribution < 1.29 is 18.9 Å². The van der Waals surface area contributed by atoms with Crippen molar-refractivity contribution in [3.63, 3.8) is 0 Å². The summed E-state index contributed by atoms with van der Waals surface area (Å²) in [4.78, 5) is 30.1. The third-order valence-electron chi connectivity index (χ3n) is 8.92. The van der Waals surface area contributed by atoms with E-state index in [2.05, 4.69) is 55.7 Å². The molecule has 2 amide bonds. The van der Waals surface area contributed by atoms with Gasteiger partial charge in [0.15, 0.2) is 0 Å². The van der Waals surface area contributed by atoms with Crippen molar-refractivity contribution in [2.45, 2.75) is 38.9 Å². The highest BCUT2D eigenvalue weighted by Gasteiger charge is 2.38. The molecule has 1 heterocycles. The Morgan fingerprint density at radius 3 is 2.23 bits per heavy atom. The summed E-state index contributed by atoms with van der Waals surface area (Å²) in [6, 6.07) is 34.9. The number of aromatic nitrogens is 1. The lowest BCUT2D eigenvalue weighted by molar-refractivity contribution is -0.113. The fourth-order valence-corrected chi connectivity index (χ4v) is 5.77. The van der Waals surface area contributed by atoms with Crippen molar-refractivity contribution >= 4 is 64.5 Å². The summed E-state index contributed by atoms with van der Waals surface area (Å²) in [6.45, 7) is 10.5. The van der Waals surface area contributed by atoms with Gasteiger partial charge < -0.3 is 19.6 Å². The zero-order chi connectivity index (χ0) is 33.2. The Labute approximate surface area is 275 Å². The van der Waals surface area contributed by atoms with Gasteiger partial charge in [-0.15, -0.1) is 0 Å². The minimum atomic E-state index is -2.16. The molecular formula is C39H39N3O4Si. The Kier molecular flexibility index (Phi) is 8.73. The third-order valence-corrected chi connectivity index (χ3v) is 13.1. The fraction of sp³-hybridized carbons (Fsp3) is 0.179. The number of fused-ring (bicyclic) bond motifs is 4. The topological polar surface area (TPSA) is 92.5 Å². The Morgan fingerprint density at radius 2 is 1.47 bits per heavy atom. The molecule has 6 aromatic rings. The number of benzene rings is 5. The van der Waals surface area contributed by atoms with E-state index in [0.29, 0.717) is 22.6 Å². The van der Waals surface area contributed by atoms with Crippen LogP contribution in [0.15, 0.2) is 115 Å². The van der Waals surface area contributed by atoms with Crippen LogP contribution >= 0.6 is 0 Å². The number of ether oxygens (including phenoxy) is 1. The van der Waals surface area contributed by atoms with Crippen LogP contribution in [-0.2, 0) is 9.32 Å². The van der Waals surface area contributed by atoms with Crippen molar-refractivity contribution in [1.82, 2.24) is 10.5 Å². The predicted molar refractivity (Wildman–Crippen MR) is 194 cm³/mol. The van der Waals surface area contributed by atoms with E-state index < -0.39 is 8.32 Å². The molecule has 0 aliphatic rings. The molecule has 0 aliphatic carbocycles. The highest BCUT2D eigenvalue weighted by atomic mass is 28.4. The van der Waals surface area contributed by atoms with E-state index >= 15 is 0 Å². The number of carbonyl (C=O) groups is 2. The largest absolute Gasteiger partial charge is 0.489 e. The van der Waals surface area contributed by atoms with Gasteiger partial charge in [0.25, 0.3) is 11.8 Å². The summed E-state index contributed by atoms with van der Waals surface area (Å²) in [5, 5.41) is 7.28. The first-order chi connectivity index (χ1) is 22.5. The lowest BCUT2D eigenvalue weighted by Gasteiger charge is -2.35. The molecule has 0 atom stereocenters. The maximum Gasteiger partial charge on any atom is 0.273 e. The predicted octanol–water partition coefficient (Wildman–Crippen LogP) is 9.24. The standard InChI is InChI=1S/C39H39N3O4Si/c1-39(2,3)47(4,5)46-42-38(44)28-19-17-26(18-20-28)23-29(37(43)41-34-16-10-12-27-11-6-7-13-31(27)34)25-45-30-21-22-33-32-14-8-9-15-35(32)40-36(33)24-30/h6-24,40H,25H2,1-5H3,(H,41,43)(H,42,44). The van der Waals surface area contributed by atoms with Gasteiger partial charge in [0.2, 0.25) is 8.32 Å². The number of hydrogen-bond acceptors (Lipinski definition) is 4. The van der Waals surface area contributed by atoms with E-state index in [1.54, 1.807) is 18.2 Å². The highest BCUT2D eigenvalue weighted by Crippen LogP contribution is 2.36. The van der Waals surface area contributed by atoms with Crippen LogP contribution in [0.4, 0.5) is 5.69 Å². The summed E-state index contributed by atoms with van der Waals surface area (Å²) < 4.78 is 12.1. The third kappa shape index (κ3) is 6.99. The molecule has 0 saturated carbocycles. The van der Waals surface area contributed by atoms with E-state index in [-0.39, 0.29) is 23.5 Å². The number of hydroxylamine groups is 1. The van der Waals surface area contributed by atoms with Crippen molar-refractivity contribution in [2.24, 2.45) is 0 Å². The van der Waals surface area contributed by atoms with Gasteiger partial charge in [0.1, 0.15) is 12.4 Å². The minimum absolute atomic E-state index is 0.0327. The molecule has 0 bridgehead atoms. The molecule has 0 unspecified atom stereocenters. The molecule has 0 saturated heterocycles. The fourth-order valence-electron chi connectivity index (χ4n) is 5.11. The van der Waals surface area contributed by atoms with Gasteiger partial charge in [-0.3, -0.25) is 9.59 Å². The van der Waals surface area contributed by atoms with E-state index in [1.165, 1.54) is 0 Å². The summed E-state index contributed by atoms with van der Waals surface area (Å²) >= 11 is 0. The molecule has 0 spiro atoms. The van der Waals surface area contributed by atoms with Crippen LogP contribution < -0.4 is 15.5 Å². The molecule has 3 N–H and O–H groups in total. The molecule has 5 aromatic carbocycles.